The number of allylic oxidation sites excluding steroid dienone is 3. The number of aromatic amines is 1. The molecule has 3 N–H and O–H groups in total. The highest BCUT2D eigenvalue weighted by atomic mass is 16.1. The lowest BCUT2D eigenvalue weighted by molar-refractivity contribution is 0.101. The number of Topliss-reactive ketones (excluding diaryl/α,β-unsaturated/α-hetero) is 1. The van der Waals surface area contributed by atoms with Crippen molar-refractivity contribution in [1.29, 1.82) is 0 Å². The quantitative estimate of drug-likeness (QED) is 0.127. The van der Waals surface area contributed by atoms with Crippen molar-refractivity contribution in [2.24, 2.45) is 5.92 Å². The highest BCUT2D eigenvalue weighted by molar-refractivity contribution is 5.96. The van der Waals surface area contributed by atoms with Crippen molar-refractivity contribution in [3.05, 3.63) is 135 Å². The molecule has 1 heterocycles. The average Bonchev–Trinajstić information content (AvgIpc) is 3.44. The van der Waals surface area contributed by atoms with Crippen LogP contribution < -0.4 is 10.6 Å². The van der Waals surface area contributed by atoms with Crippen LogP contribution in [-0.4, -0.2) is 10.8 Å². The van der Waals surface area contributed by atoms with Gasteiger partial charge >= 0.3 is 0 Å². The fourth-order valence-corrected chi connectivity index (χ4v) is 5.88. The van der Waals surface area contributed by atoms with Crippen LogP contribution in [0.3, 0.4) is 0 Å². The molecule has 0 aliphatic rings. The van der Waals surface area contributed by atoms with Crippen LogP contribution in [0.15, 0.2) is 96.4 Å². The molecule has 0 radical (unpaired) electrons. The Hall–Kier alpha value is -4.15. The van der Waals surface area contributed by atoms with E-state index in [1.807, 2.05) is 39.0 Å². The Labute approximate surface area is 291 Å². The summed E-state index contributed by atoms with van der Waals surface area (Å²) in [5.41, 5.74) is 12.0. The van der Waals surface area contributed by atoms with Gasteiger partial charge in [-0.25, -0.2) is 0 Å². The topological polar surface area (TPSA) is 56.9 Å². The number of rotatable bonds is 13. The summed E-state index contributed by atoms with van der Waals surface area (Å²) in [6.45, 7) is 24.5. The number of aromatic nitrogens is 1. The Morgan fingerprint density at radius 3 is 2.19 bits per heavy atom. The van der Waals surface area contributed by atoms with Crippen LogP contribution in [0, 0.1) is 12.8 Å². The van der Waals surface area contributed by atoms with Crippen molar-refractivity contribution in [3.63, 3.8) is 0 Å². The third-order valence-corrected chi connectivity index (χ3v) is 8.33. The molecule has 1 unspecified atom stereocenters. The summed E-state index contributed by atoms with van der Waals surface area (Å²) in [6, 6.07) is 23.0. The van der Waals surface area contributed by atoms with Crippen LogP contribution in [0.5, 0.6) is 0 Å². The molecule has 0 aliphatic heterocycles. The van der Waals surface area contributed by atoms with E-state index in [1.165, 1.54) is 50.9 Å². The molecule has 0 spiro atoms. The van der Waals surface area contributed by atoms with Crippen LogP contribution in [0.4, 0.5) is 0 Å². The molecule has 4 heteroatoms. The lowest BCUT2D eigenvalue weighted by Crippen LogP contribution is -2.15. The molecule has 3 aromatic carbocycles. The summed E-state index contributed by atoms with van der Waals surface area (Å²) in [7, 11) is 0. The molecule has 0 aliphatic carbocycles. The molecule has 4 aromatic rings. The van der Waals surface area contributed by atoms with E-state index in [-0.39, 0.29) is 11.7 Å². The number of nitrogens with one attached hydrogen (secondary N) is 3. The Morgan fingerprint density at radius 2 is 1.54 bits per heavy atom. The zero-order valence-electron chi connectivity index (χ0n) is 31.6. The number of aryl methyl sites for hydroxylation is 1. The first-order valence-electron chi connectivity index (χ1n) is 17.7. The Kier molecular flexibility index (Phi) is 17.5. The van der Waals surface area contributed by atoms with Gasteiger partial charge in [0.25, 0.3) is 0 Å². The van der Waals surface area contributed by atoms with E-state index in [0.717, 1.165) is 42.1 Å². The van der Waals surface area contributed by atoms with Crippen molar-refractivity contribution >= 4 is 22.8 Å². The van der Waals surface area contributed by atoms with Crippen molar-refractivity contribution in [3.8, 4) is 0 Å². The smallest absolute Gasteiger partial charge is 0.160 e. The highest BCUT2D eigenvalue weighted by Crippen LogP contribution is 2.35. The summed E-state index contributed by atoms with van der Waals surface area (Å²) in [5, 5.41) is 8.06. The molecule has 0 bridgehead atoms. The van der Waals surface area contributed by atoms with Gasteiger partial charge in [-0.15, -0.1) is 0 Å². The van der Waals surface area contributed by atoms with E-state index in [0.29, 0.717) is 0 Å². The third kappa shape index (κ3) is 12.1. The fraction of sp³-hybridized carbons (Fsp3) is 0.386. The van der Waals surface area contributed by atoms with Crippen molar-refractivity contribution < 1.29 is 4.79 Å². The first kappa shape index (κ1) is 40.0. The summed E-state index contributed by atoms with van der Waals surface area (Å²) in [5.74, 6) is 0.948. The molecule has 4 nitrogen and oxygen atoms in total. The van der Waals surface area contributed by atoms with Crippen molar-refractivity contribution in [2.75, 3.05) is 0 Å². The predicted octanol–water partition coefficient (Wildman–Crippen LogP) is 12.0. The molecule has 0 saturated carbocycles. The van der Waals surface area contributed by atoms with Gasteiger partial charge in [0.1, 0.15) is 0 Å². The molecular formula is C44H61N3O. The van der Waals surface area contributed by atoms with E-state index in [1.54, 1.807) is 6.92 Å². The number of hydrogen-bond acceptors (Lipinski definition) is 3. The minimum atomic E-state index is 0.0976. The fourth-order valence-electron chi connectivity index (χ4n) is 5.88. The lowest BCUT2D eigenvalue weighted by Gasteiger charge is -2.17. The Balaban J connectivity index is 0.000000452. The van der Waals surface area contributed by atoms with Crippen LogP contribution in [0.25, 0.3) is 17.0 Å². The maximum Gasteiger partial charge on any atom is 0.160 e. The van der Waals surface area contributed by atoms with Gasteiger partial charge in [0.2, 0.25) is 0 Å². The lowest BCUT2D eigenvalue weighted by atomic mass is 9.87. The molecule has 0 saturated heterocycles. The minimum Gasteiger partial charge on any atom is -0.368 e. The Morgan fingerprint density at radius 1 is 0.875 bits per heavy atom. The van der Waals surface area contributed by atoms with E-state index in [2.05, 4.69) is 137 Å². The predicted molar refractivity (Wildman–Crippen MR) is 210 cm³/mol. The SMILES string of the molecule is C/C=C\c1ccc(CNCc2[nH]c3ccccc3c2C(C)c2ccccc2C(C)=O)cc1C.CC.CC/C(C)=C/N/C=C(\C)CC(C)C. The third-order valence-electron chi connectivity index (χ3n) is 8.33. The number of carbonyl (C=O) groups is 1. The summed E-state index contributed by atoms with van der Waals surface area (Å²) < 4.78 is 0. The summed E-state index contributed by atoms with van der Waals surface area (Å²) >= 11 is 0. The maximum atomic E-state index is 12.3. The standard InChI is InChI=1S/C30H32N2O.C12H23N.C2H6/c1-5-10-24-16-15-23(17-20(24)2)18-31-19-29-30(27-13-8-9-14-28(27)32-29)21(3)25-11-6-7-12-26(25)22(4)33;1-6-11(4)8-13-9-12(5)7-10(2)3;1-2/h5-17,21,31-32H,18-19H2,1-4H3;8-10,13H,6-7H2,1-5H3;1-2H3/b10-5-;11-8+,12-9+;. The summed E-state index contributed by atoms with van der Waals surface area (Å²) in [6.07, 6.45) is 10.7. The number of H-pyrrole nitrogens is 1. The zero-order chi connectivity index (χ0) is 35.6. The van der Waals surface area contributed by atoms with Crippen LogP contribution in [0.1, 0.15) is 132 Å². The first-order valence-corrected chi connectivity index (χ1v) is 17.7. The largest absolute Gasteiger partial charge is 0.368 e. The second kappa shape index (κ2) is 21.0. The summed E-state index contributed by atoms with van der Waals surface area (Å²) in [4.78, 5) is 15.9. The van der Waals surface area contributed by atoms with E-state index in [4.69, 9.17) is 0 Å². The van der Waals surface area contributed by atoms with Gasteiger partial charge in [-0.05, 0) is 99.7 Å². The molecule has 0 fully saturated rings. The molecular weight excluding hydrogens is 587 g/mol. The van der Waals surface area contributed by atoms with Gasteiger partial charge in [0, 0.05) is 41.2 Å². The minimum absolute atomic E-state index is 0.0976. The van der Waals surface area contributed by atoms with E-state index < -0.39 is 0 Å². The molecule has 4 rings (SSSR count). The van der Waals surface area contributed by atoms with Crippen LogP contribution >= 0.6 is 0 Å². The molecule has 1 aromatic heterocycles. The number of carbonyl (C=O) groups excluding carboxylic acids is 1. The van der Waals surface area contributed by atoms with Crippen molar-refractivity contribution in [1.82, 2.24) is 15.6 Å². The number of benzene rings is 3. The average molecular weight is 648 g/mol. The molecule has 1 atom stereocenters. The number of para-hydroxylation sites is 1. The van der Waals surface area contributed by atoms with Gasteiger partial charge in [0.05, 0.1) is 0 Å². The molecule has 258 valence electrons. The van der Waals surface area contributed by atoms with E-state index in [9.17, 15) is 4.79 Å². The molecule has 48 heavy (non-hydrogen) atoms. The van der Waals surface area contributed by atoms with Gasteiger partial charge in [-0.2, -0.15) is 0 Å². The van der Waals surface area contributed by atoms with Crippen LogP contribution in [-0.2, 0) is 13.1 Å². The normalized spacial score (nSPS) is 12.4. The van der Waals surface area contributed by atoms with Gasteiger partial charge < -0.3 is 15.6 Å². The monoisotopic (exact) mass is 647 g/mol. The van der Waals surface area contributed by atoms with Gasteiger partial charge in [-0.3, -0.25) is 4.79 Å². The maximum absolute atomic E-state index is 12.3. The highest BCUT2D eigenvalue weighted by Gasteiger charge is 2.21. The first-order chi connectivity index (χ1) is 23.0. The van der Waals surface area contributed by atoms with E-state index >= 15 is 0 Å². The van der Waals surface area contributed by atoms with Gasteiger partial charge in [-0.1, -0.05) is 126 Å². The van der Waals surface area contributed by atoms with Gasteiger partial charge in [0.15, 0.2) is 5.78 Å². The molecule has 0 amide bonds. The number of fused-ring (bicyclic) bond motifs is 1. The number of hydrogen-bond donors (Lipinski definition) is 3. The Bertz CT molecular complexity index is 1670. The van der Waals surface area contributed by atoms with Crippen LogP contribution in [0.2, 0.25) is 0 Å². The van der Waals surface area contributed by atoms with Crippen molar-refractivity contribution in [2.45, 2.75) is 108 Å². The zero-order valence-corrected chi connectivity index (χ0v) is 31.6. The second-order valence-electron chi connectivity index (χ2n) is 12.8. The second-order valence-corrected chi connectivity index (χ2v) is 12.8. The number of ketones is 1.